The van der Waals surface area contributed by atoms with Gasteiger partial charge in [-0.05, 0) is 13.3 Å². The first kappa shape index (κ1) is 16.1. The number of hydrogen-bond donors (Lipinski definition) is 1. The average Bonchev–Trinajstić information content (AvgIpc) is 2.39. The van der Waals surface area contributed by atoms with E-state index in [1.165, 1.54) is 7.11 Å². The normalized spacial score (nSPS) is 10.3. The molecule has 8 nitrogen and oxygen atoms in total. The van der Waals surface area contributed by atoms with E-state index >= 15 is 0 Å². The molecule has 1 heterocycles. The highest BCUT2D eigenvalue weighted by molar-refractivity contribution is 5.61. The molecule has 0 spiro atoms. The summed E-state index contributed by atoms with van der Waals surface area (Å²) in [6.07, 6.45) is 1.74. The van der Waals surface area contributed by atoms with Crippen molar-refractivity contribution in [1.29, 1.82) is 0 Å². The summed E-state index contributed by atoms with van der Waals surface area (Å²) >= 11 is 0. The second-order valence-corrected chi connectivity index (χ2v) is 4.06. The van der Waals surface area contributed by atoms with Crippen LogP contribution < -0.4 is 10.1 Å². The van der Waals surface area contributed by atoms with E-state index in [0.717, 1.165) is 12.8 Å². The molecule has 0 bridgehead atoms. The van der Waals surface area contributed by atoms with Gasteiger partial charge in [-0.2, -0.15) is 4.98 Å². The number of rotatable bonds is 9. The number of nitrogens with one attached hydrogen (secondary N) is 1. The molecule has 1 N–H and O–H groups in total. The molecular weight excluding hydrogens is 264 g/mol. The van der Waals surface area contributed by atoms with E-state index in [0.29, 0.717) is 19.0 Å². The van der Waals surface area contributed by atoms with Crippen molar-refractivity contribution in [2.75, 3.05) is 25.6 Å². The van der Waals surface area contributed by atoms with Gasteiger partial charge in [-0.3, -0.25) is 10.1 Å². The van der Waals surface area contributed by atoms with Crippen LogP contribution in [0.2, 0.25) is 0 Å². The zero-order chi connectivity index (χ0) is 15.0. The molecule has 112 valence electrons. The highest BCUT2D eigenvalue weighted by atomic mass is 16.6. The van der Waals surface area contributed by atoms with Crippen LogP contribution in [0.4, 0.5) is 11.5 Å². The smallest absolute Gasteiger partial charge is 0.372 e. The van der Waals surface area contributed by atoms with Gasteiger partial charge in [0.25, 0.3) is 5.88 Å². The van der Waals surface area contributed by atoms with Gasteiger partial charge in [0.1, 0.15) is 6.61 Å². The first-order valence-electron chi connectivity index (χ1n) is 6.54. The Hall–Kier alpha value is -1.96. The van der Waals surface area contributed by atoms with E-state index in [9.17, 15) is 10.1 Å². The second-order valence-electron chi connectivity index (χ2n) is 4.06. The molecule has 0 amide bonds. The van der Waals surface area contributed by atoms with Crippen molar-refractivity contribution in [3.63, 3.8) is 0 Å². The predicted octanol–water partition coefficient (Wildman–Crippen LogP) is 2.14. The van der Waals surface area contributed by atoms with Gasteiger partial charge < -0.3 is 14.8 Å². The molecule has 0 fully saturated rings. The second kappa shape index (κ2) is 8.26. The number of unbranched alkanes of at least 4 members (excludes halogenated alkanes) is 1. The van der Waals surface area contributed by atoms with Gasteiger partial charge in [0.05, 0.1) is 11.5 Å². The molecule has 0 atom stereocenters. The van der Waals surface area contributed by atoms with Gasteiger partial charge in [-0.25, -0.2) is 4.98 Å². The summed E-state index contributed by atoms with van der Waals surface area (Å²) in [5.41, 5.74) is -0.234. The first-order chi connectivity index (χ1) is 9.63. The summed E-state index contributed by atoms with van der Waals surface area (Å²) in [6, 6.07) is 0. The molecule has 0 saturated heterocycles. The SMILES string of the molecule is CCCCOc1nc(COC)nc(NCC)c1[N+](=O)[O-]. The fourth-order valence-electron chi connectivity index (χ4n) is 1.54. The lowest BCUT2D eigenvalue weighted by molar-refractivity contribution is -0.385. The van der Waals surface area contributed by atoms with E-state index in [1.54, 1.807) is 0 Å². The highest BCUT2D eigenvalue weighted by Gasteiger charge is 2.26. The van der Waals surface area contributed by atoms with Crippen molar-refractivity contribution in [3.05, 3.63) is 15.9 Å². The minimum atomic E-state index is -0.532. The zero-order valence-corrected chi connectivity index (χ0v) is 12.0. The Balaban J connectivity index is 3.15. The summed E-state index contributed by atoms with van der Waals surface area (Å²) in [5.74, 6) is 0.494. The number of nitrogens with zero attached hydrogens (tertiary/aromatic N) is 3. The van der Waals surface area contributed by atoms with Gasteiger partial charge in [0.15, 0.2) is 5.82 Å². The van der Waals surface area contributed by atoms with Crippen molar-refractivity contribution in [3.8, 4) is 5.88 Å². The van der Waals surface area contributed by atoms with Crippen LogP contribution in [-0.2, 0) is 11.3 Å². The van der Waals surface area contributed by atoms with Gasteiger partial charge in [-0.15, -0.1) is 0 Å². The van der Waals surface area contributed by atoms with E-state index in [4.69, 9.17) is 9.47 Å². The molecule has 1 aromatic rings. The lowest BCUT2D eigenvalue weighted by Gasteiger charge is -2.10. The molecule has 0 aliphatic carbocycles. The van der Waals surface area contributed by atoms with Crippen molar-refractivity contribution < 1.29 is 14.4 Å². The number of anilines is 1. The van der Waals surface area contributed by atoms with Crippen LogP contribution in [0.15, 0.2) is 0 Å². The van der Waals surface area contributed by atoms with Gasteiger partial charge in [0, 0.05) is 13.7 Å². The topological polar surface area (TPSA) is 99.4 Å². The minimum Gasteiger partial charge on any atom is -0.473 e. The Labute approximate surface area is 117 Å². The summed E-state index contributed by atoms with van der Waals surface area (Å²) in [5, 5.41) is 14.1. The predicted molar refractivity (Wildman–Crippen MR) is 74.0 cm³/mol. The van der Waals surface area contributed by atoms with Crippen molar-refractivity contribution in [2.24, 2.45) is 0 Å². The van der Waals surface area contributed by atoms with Crippen LogP contribution in [0.1, 0.15) is 32.5 Å². The fraction of sp³-hybridized carbons (Fsp3) is 0.667. The molecule has 0 radical (unpaired) electrons. The molecule has 0 aromatic carbocycles. The standard InChI is InChI=1S/C12H20N4O4/c1-4-6-7-20-12-10(16(17)18)11(13-5-2)14-9(15-12)8-19-3/h4-8H2,1-3H3,(H,13,14,15). The third-order valence-electron chi connectivity index (χ3n) is 2.44. The Morgan fingerprint density at radius 3 is 2.65 bits per heavy atom. The quantitative estimate of drug-likeness (QED) is 0.421. The van der Waals surface area contributed by atoms with Crippen molar-refractivity contribution in [2.45, 2.75) is 33.3 Å². The van der Waals surface area contributed by atoms with Crippen LogP contribution in [0.3, 0.4) is 0 Å². The molecule has 8 heteroatoms. The number of ether oxygens (including phenoxy) is 2. The highest BCUT2D eigenvalue weighted by Crippen LogP contribution is 2.32. The van der Waals surface area contributed by atoms with Gasteiger partial charge in [-0.1, -0.05) is 13.3 Å². The van der Waals surface area contributed by atoms with E-state index < -0.39 is 4.92 Å². The molecule has 0 aliphatic heterocycles. The largest absolute Gasteiger partial charge is 0.473 e. The van der Waals surface area contributed by atoms with Crippen molar-refractivity contribution in [1.82, 2.24) is 9.97 Å². The van der Waals surface area contributed by atoms with E-state index in [2.05, 4.69) is 15.3 Å². The molecule has 1 aromatic heterocycles. The maximum atomic E-state index is 11.2. The van der Waals surface area contributed by atoms with Crippen LogP contribution >= 0.6 is 0 Å². The molecule has 1 rings (SSSR count). The minimum absolute atomic E-state index is 0.0125. The Morgan fingerprint density at radius 1 is 1.35 bits per heavy atom. The Morgan fingerprint density at radius 2 is 2.10 bits per heavy atom. The number of aromatic nitrogens is 2. The maximum Gasteiger partial charge on any atom is 0.372 e. The van der Waals surface area contributed by atoms with Crippen LogP contribution in [-0.4, -0.2) is 35.2 Å². The summed E-state index contributed by atoms with van der Waals surface area (Å²) in [4.78, 5) is 18.8. The third-order valence-corrected chi connectivity index (χ3v) is 2.44. The molecule has 20 heavy (non-hydrogen) atoms. The molecule has 0 saturated carbocycles. The van der Waals surface area contributed by atoms with Crippen LogP contribution in [0.5, 0.6) is 5.88 Å². The van der Waals surface area contributed by atoms with Crippen LogP contribution in [0.25, 0.3) is 0 Å². The van der Waals surface area contributed by atoms with Gasteiger partial charge in [0.2, 0.25) is 5.82 Å². The third kappa shape index (κ3) is 4.30. The van der Waals surface area contributed by atoms with Gasteiger partial charge >= 0.3 is 5.69 Å². The van der Waals surface area contributed by atoms with Crippen molar-refractivity contribution >= 4 is 11.5 Å². The molecule has 0 aliphatic rings. The molecule has 0 unspecified atom stereocenters. The summed E-state index contributed by atoms with van der Waals surface area (Å²) < 4.78 is 10.4. The van der Waals surface area contributed by atoms with Crippen LogP contribution in [0, 0.1) is 10.1 Å². The average molecular weight is 284 g/mol. The Bertz CT molecular complexity index is 453. The first-order valence-corrected chi connectivity index (χ1v) is 6.54. The lowest BCUT2D eigenvalue weighted by atomic mass is 10.3. The summed E-state index contributed by atoms with van der Waals surface area (Å²) in [6.45, 7) is 4.91. The maximum absolute atomic E-state index is 11.2. The zero-order valence-electron chi connectivity index (χ0n) is 12.0. The number of methoxy groups -OCH3 is 1. The Kier molecular flexibility index (Phi) is 6.65. The fourth-order valence-corrected chi connectivity index (χ4v) is 1.54. The molecular formula is C12H20N4O4. The lowest BCUT2D eigenvalue weighted by Crippen LogP contribution is -2.11. The summed E-state index contributed by atoms with van der Waals surface area (Å²) in [7, 11) is 1.51. The van der Waals surface area contributed by atoms with E-state index in [1.807, 2.05) is 13.8 Å². The monoisotopic (exact) mass is 284 g/mol. The van der Waals surface area contributed by atoms with E-state index in [-0.39, 0.29) is 24.0 Å². The number of hydrogen-bond acceptors (Lipinski definition) is 7. The number of nitro groups is 1.